The Hall–Kier alpha value is -3.26. The van der Waals surface area contributed by atoms with Crippen molar-refractivity contribution in [2.24, 2.45) is 0 Å². The average Bonchev–Trinajstić information content (AvgIpc) is 2.79. The molecule has 0 bridgehead atoms. The monoisotopic (exact) mass is 565 g/mol. The molecule has 35 heavy (non-hydrogen) atoms. The number of amides is 2. The summed E-state index contributed by atoms with van der Waals surface area (Å²) in [6.45, 7) is 0.614. The number of nitrogens with zero attached hydrogens (tertiary/aromatic N) is 2. The van der Waals surface area contributed by atoms with E-state index >= 15 is 0 Å². The van der Waals surface area contributed by atoms with Crippen molar-refractivity contribution < 1.29 is 46.9 Å². The summed E-state index contributed by atoms with van der Waals surface area (Å²) in [6, 6.07) is 7.43. The van der Waals surface area contributed by atoms with Gasteiger partial charge in [-0.15, -0.1) is 0 Å². The van der Waals surface area contributed by atoms with Crippen molar-refractivity contribution in [2.45, 2.75) is 31.2 Å². The Bertz CT molecular complexity index is 1030. The lowest BCUT2D eigenvalue weighted by atomic mass is 10.0. The highest BCUT2D eigenvalue weighted by Gasteiger charge is 2.38. The summed E-state index contributed by atoms with van der Waals surface area (Å²) in [5.41, 5.74) is 0.510. The van der Waals surface area contributed by atoms with Crippen LogP contribution >= 0.6 is 15.9 Å². The van der Waals surface area contributed by atoms with Gasteiger partial charge in [-0.25, -0.2) is 14.0 Å². The highest BCUT2D eigenvalue weighted by Crippen LogP contribution is 2.24. The quantitative estimate of drug-likeness (QED) is 0.479. The number of aliphatic hydroxyl groups is 1. The van der Waals surface area contributed by atoms with E-state index in [1.807, 2.05) is 0 Å². The third kappa shape index (κ3) is 8.79. The molecule has 1 saturated heterocycles. The number of pyridine rings is 1. The highest BCUT2D eigenvalue weighted by molar-refractivity contribution is 9.10. The molecule has 190 valence electrons. The SMILES string of the molecule is O=C(Nc1ccncc1)OC1CCN(C(=O)C(O)c2ccc(Br)cc2F)CC1.O=C(O)C(F)(F)F. The maximum absolute atomic E-state index is 14.0. The van der Waals surface area contributed by atoms with Gasteiger partial charge in [0.2, 0.25) is 0 Å². The Balaban J connectivity index is 0.000000540. The molecule has 0 radical (unpaired) electrons. The molecule has 9 nitrogen and oxygen atoms in total. The van der Waals surface area contributed by atoms with E-state index in [1.165, 1.54) is 17.0 Å². The van der Waals surface area contributed by atoms with Crippen LogP contribution in [-0.2, 0) is 14.3 Å². The number of carbonyl (C=O) groups excluding carboxylic acids is 2. The minimum absolute atomic E-state index is 0.0664. The van der Waals surface area contributed by atoms with Gasteiger partial charge in [0.1, 0.15) is 11.9 Å². The fourth-order valence-corrected chi connectivity index (χ4v) is 3.29. The Kier molecular flexibility index (Phi) is 9.95. The van der Waals surface area contributed by atoms with E-state index in [4.69, 9.17) is 14.6 Å². The molecule has 1 atom stereocenters. The van der Waals surface area contributed by atoms with Gasteiger partial charge in [-0.05, 0) is 24.3 Å². The lowest BCUT2D eigenvalue weighted by Gasteiger charge is -2.33. The van der Waals surface area contributed by atoms with Crippen molar-refractivity contribution in [1.29, 1.82) is 0 Å². The van der Waals surface area contributed by atoms with Crippen LogP contribution in [0.5, 0.6) is 0 Å². The van der Waals surface area contributed by atoms with Crippen molar-refractivity contribution in [3.05, 3.63) is 58.6 Å². The smallest absolute Gasteiger partial charge is 0.475 e. The Labute approximate surface area is 204 Å². The van der Waals surface area contributed by atoms with Gasteiger partial charge >= 0.3 is 18.2 Å². The number of carbonyl (C=O) groups is 3. The van der Waals surface area contributed by atoms with Crippen molar-refractivity contribution in [3.63, 3.8) is 0 Å². The summed E-state index contributed by atoms with van der Waals surface area (Å²) < 4.78 is 51.6. The largest absolute Gasteiger partial charge is 0.490 e. The molecular formula is C21H20BrF4N3O6. The molecule has 1 aliphatic heterocycles. The number of aromatic nitrogens is 1. The summed E-state index contributed by atoms with van der Waals surface area (Å²) in [5.74, 6) is -3.98. The molecule has 3 rings (SSSR count). The normalized spacial score (nSPS) is 14.9. The molecule has 14 heteroatoms. The highest BCUT2D eigenvalue weighted by atomic mass is 79.9. The zero-order chi connectivity index (χ0) is 26.2. The number of benzene rings is 1. The molecule has 1 aliphatic rings. The fraction of sp³-hybridized carbons (Fsp3) is 0.333. The number of ether oxygens (including phenoxy) is 1. The topological polar surface area (TPSA) is 129 Å². The summed E-state index contributed by atoms with van der Waals surface area (Å²) in [7, 11) is 0. The van der Waals surface area contributed by atoms with Crippen LogP contribution in [0.2, 0.25) is 0 Å². The van der Waals surface area contributed by atoms with Gasteiger partial charge < -0.3 is 19.8 Å². The van der Waals surface area contributed by atoms with Crippen LogP contribution in [0.3, 0.4) is 0 Å². The number of carboxylic acids is 1. The molecule has 2 heterocycles. The first-order valence-corrected chi connectivity index (χ1v) is 10.8. The minimum atomic E-state index is -5.08. The number of hydrogen-bond donors (Lipinski definition) is 3. The van der Waals surface area contributed by atoms with E-state index in [1.54, 1.807) is 30.6 Å². The van der Waals surface area contributed by atoms with E-state index in [0.29, 0.717) is 36.1 Å². The molecule has 2 aromatic rings. The molecule has 3 N–H and O–H groups in total. The molecule has 1 aromatic carbocycles. The Morgan fingerprint density at radius 2 is 1.71 bits per heavy atom. The number of nitrogens with one attached hydrogen (secondary N) is 1. The average molecular weight is 566 g/mol. The van der Waals surface area contributed by atoms with Gasteiger partial charge in [-0.2, -0.15) is 13.2 Å². The van der Waals surface area contributed by atoms with Crippen LogP contribution < -0.4 is 5.32 Å². The van der Waals surface area contributed by atoms with Crippen molar-refractivity contribution in [3.8, 4) is 0 Å². The Morgan fingerprint density at radius 1 is 1.14 bits per heavy atom. The van der Waals surface area contributed by atoms with Crippen LogP contribution in [0.25, 0.3) is 0 Å². The number of aliphatic carboxylic acids is 1. The van der Waals surface area contributed by atoms with E-state index in [2.05, 4.69) is 26.2 Å². The summed E-state index contributed by atoms with van der Waals surface area (Å²) >= 11 is 3.14. The minimum Gasteiger partial charge on any atom is -0.475 e. The van der Waals surface area contributed by atoms with Crippen LogP contribution in [0, 0.1) is 5.82 Å². The molecule has 1 fully saturated rings. The summed E-state index contributed by atoms with van der Waals surface area (Å²) in [6.07, 6.45) is -3.59. The predicted octanol–water partition coefficient (Wildman–Crippen LogP) is 3.89. The van der Waals surface area contributed by atoms with Crippen LogP contribution in [0.4, 0.5) is 28.0 Å². The zero-order valence-corrected chi connectivity index (χ0v) is 19.4. The van der Waals surface area contributed by atoms with Gasteiger partial charge in [0.05, 0.1) is 0 Å². The first kappa shape index (κ1) is 28.0. The van der Waals surface area contributed by atoms with E-state index in [9.17, 15) is 32.3 Å². The van der Waals surface area contributed by atoms with Crippen molar-refractivity contribution in [1.82, 2.24) is 9.88 Å². The number of piperidine rings is 1. The van der Waals surface area contributed by atoms with Crippen molar-refractivity contribution in [2.75, 3.05) is 18.4 Å². The van der Waals surface area contributed by atoms with E-state index in [0.717, 1.165) is 0 Å². The van der Waals surface area contributed by atoms with Gasteiger partial charge in [0.15, 0.2) is 6.10 Å². The molecule has 0 saturated carbocycles. The van der Waals surface area contributed by atoms with Crippen molar-refractivity contribution >= 4 is 39.6 Å². The number of halogens is 5. The molecule has 0 aliphatic carbocycles. The number of rotatable bonds is 4. The van der Waals surface area contributed by atoms with Crippen LogP contribution in [-0.4, -0.2) is 63.4 Å². The number of likely N-dealkylation sites (tertiary alicyclic amines) is 1. The number of anilines is 1. The second-order valence-electron chi connectivity index (χ2n) is 7.16. The van der Waals surface area contributed by atoms with Gasteiger partial charge in [-0.3, -0.25) is 15.1 Å². The van der Waals surface area contributed by atoms with Crippen LogP contribution in [0.15, 0.2) is 47.2 Å². The summed E-state index contributed by atoms with van der Waals surface area (Å²) in [4.78, 5) is 38.6. The lowest BCUT2D eigenvalue weighted by Crippen LogP contribution is -2.43. The van der Waals surface area contributed by atoms with Gasteiger partial charge in [0, 0.05) is 54.0 Å². The number of aliphatic hydroxyl groups excluding tert-OH is 1. The van der Waals surface area contributed by atoms with Crippen LogP contribution in [0.1, 0.15) is 24.5 Å². The molecular weight excluding hydrogens is 546 g/mol. The van der Waals surface area contributed by atoms with E-state index in [-0.39, 0.29) is 11.7 Å². The fourth-order valence-electron chi connectivity index (χ4n) is 2.96. The standard InChI is InChI=1S/C19H19BrFN3O4.C2HF3O2/c20-12-1-2-15(16(21)11-12)17(25)18(26)24-9-5-14(6-10-24)28-19(27)23-13-3-7-22-8-4-13;3-2(4,5)1(6)7/h1-4,7-8,11,14,17,25H,5-6,9-10H2,(H,22,23,27);(H,6,7). The second kappa shape index (κ2) is 12.4. The summed E-state index contributed by atoms with van der Waals surface area (Å²) in [5, 5.41) is 20.0. The number of hydrogen-bond acceptors (Lipinski definition) is 6. The number of alkyl halides is 3. The molecule has 2 amide bonds. The Morgan fingerprint density at radius 3 is 2.23 bits per heavy atom. The first-order valence-electron chi connectivity index (χ1n) is 9.98. The molecule has 0 spiro atoms. The van der Waals surface area contributed by atoms with E-state index < -0.39 is 36.1 Å². The first-order chi connectivity index (χ1) is 16.4. The molecule has 1 aromatic heterocycles. The third-order valence-corrected chi connectivity index (χ3v) is 5.18. The van der Waals surface area contributed by atoms with Gasteiger partial charge in [0.25, 0.3) is 5.91 Å². The van der Waals surface area contributed by atoms with Gasteiger partial charge in [-0.1, -0.05) is 22.0 Å². The maximum atomic E-state index is 14.0. The molecule has 1 unspecified atom stereocenters. The maximum Gasteiger partial charge on any atom is 0.490 e. The second-order valence-corrected chi connectivity index (χ2v) is 8.08. The third-order valence-electron chi connectivity index (χ3n) is 4.69. The number of carboxylic acid groups (broad SMARTS) is 1. The predicted molar refractivity (Wildman–Crippen MR) is 117 cm³/mol. The zero-order valence-electron chi connectivity index (χ0n) is 17.8. The lowest BCUT2D eigenvalue weighted by molar-refractivity contribution is -0.192.